The fraction of sp³-hybridized carbons (Fsp3) is 0.280. The Morgan fingerprint density at radius 1 is 1.00 bits per heavy atom. The van der Waals surface area contributed by atoms with Crippen molar-refractivity contribution in [3.63, 3.8) is 0 Å². The maximum atomic E-state index is 6.52. The Kier molecular flexibility index (Phi) is 4.25. The van der Waals surface area contributed by atoms with Crippen LogP contribution >= 0.6 is 0 Å². The van der Waals surface area contributed by atoms with Crippen LogP contribution in [0, 0.1) is 6.92 Å². The molecule has 5 rings (SSSR count). The van der Waals surface area contributed by atoms with Gasteiger partial charge in [0.25, 0.3) is 0 Å². The van der Waals surface area contributed by atoms with Gasteiger partial charge in [-0.1, -0.05) is 61.5 Å². The molecule has 0 amide bonds. The largest absolute Gasteiger partial charge is 0.321 e. The number of aromatic nitrogens is 3. The summed E-state index contributed by atoms with van der Waals surface area (Å²) in [5, 5.41) is 5.06. The molecule has 0 radical (unpaired) electrons. The summed E-state index contributed by atoms with van der Waals surface area (Å²) >= 11 is 0. The molecule has 0 saturated heterocycles. The van der Waals surface area contributed by atoms with E-state index < -0.39 is 0 Å². The molecule has 4 aromatic rings. The molecule has 1 saturated carbocycles. The normalized spacial score (nSPS) is 15.4. The molecule has 4 nitrogen and oxygen atoms in total. The summed E-state index contributed by atoms with van der Waals surface area (Å²) in [5.74, 6) is 0. The van der Waals surface area contributed by atoms with Crippen LogP contribution in [0.5, 0.6) is 0 Å². The molecule has 29 heavy (non-hydrogen) atoms. The van der Waals surface area contributed by atoms with Crippen molar-refractivity contribution >= 4 is 5.65 Å². The minimum atomic E-state index is -0.144. The molecule has 1 aliphatic rings. The first kappa shape index (κ1) is 18.1. The summed E-state index contributed by atoms with van der Waals surface area (Å²) in [6.45, 7) is 4.21. The predicted octanol–water partition coefficient (Wildman–Crippen LogP) is 5.27. The first-order valence-electron chi connectivity index (χ1n) is 10.4. The van der Waals surface area contributed by atoms with Gasteiger partial charge in [-0.15, -0.1) is 0 Å². The van der Waals surface area contributed by atoms with E-state index in [-0.39, 0.29) is 5.54 Å². The number of benzene rings is 2. The highest BCUT2D eigenvalue weighted by Crippen LogP contribution is 2.40. The molecular weight excluding hydrogens is 356 g/mol. The fourth-order valence-corrected chi connectivity index (χ4v) is 4.39. The average Bonchev–Trinajstić information content (AvgIpc) is 3.05. The molecule has 0 bridgehead atoms. The number of aryl methyl sites for hydroxylation is 2. The molecule has 2 aromatic heterocycles. The topological polar surface area (TPSA) is 56.2 Å². The van der Waals surface area contributed by atoms with Gasteiger partial charge in [-0.05, 0) is 49.8 Å². The van der Waals surface area contributed by atoms with Crippen LogP contribution in [0.25, 0.3) is 28.0 Å². The smallest absolute Gasteiger partial charge is 0.154 e. The lowest BCUT2D eigenvalue weighted by Gasteiger charge is -2.38. The van der Waals surface area contributed by atoms with Crippen LogP contribution in [-0.2, 0) is 12.0 Å². The molecule has 146 valence electrons. The number of fused-ring (bicyclic) bond motifs is 1. The third kappa shape index (κ3) is 2.95. The molecule has 2 heterocycles. The van der Waals surface area contributed by atoms with E-state index in [9.17, 15) is 0 Å². The average molecular weight is 383 g/mol. The van der Waals surface area contributed by atoms with Crippen molar-refractivity contribution in [3.8, 4) is 22.4 Å². The van der Waals surface area contributed by atoms with Crippen molar-refractivity contribution < 1.29 is 0 Å². The van der Waals surface area contributed by atoms with Crippen LogP contribution < -0.4 is 5.73 Å². The van der Waals surface area contributed by atoms with Gasteiger partial charge in [-0.3, -0.25) is 0 Å². The van der Waals surface area contributed by atoms with Crippen LogP contribution in [-0.4, -0.2) is 14.6 Å². The lowest BCUT2D eigenvalue weighted by atomic mass is 9.72. The van der Waals surface area contributed by atoms with Gasteiger partial charge >= 0.3 is 0 Å². The SMILES string of the molecule is CCc1c(C)nc2cc(-c3ccccc3)c(-c3ccc(C4(N)CCC4)cc3)nn12. The summed E-state index contributed by atoms with van der Waals surface area (Å²) in [6.07, 6.45) is 4.26. The van der Waals surface area contributed by atoms with Gasteiger partial charge in [0, 0.05) is 16.7 Å². The summed E-state index contributed by atoms with van der Waals surface area (Å²) in [6, 6.07) is 21.3. The molecular formula is C25H26N4. The standard InChI is InChI=1S/C25H26N4/c1-3-22-17(2)27-23-16-21(18-8-5-4-6-9-18)24(28-29(22)23)19-10-12-20(13-11-19)25(26)14-7-15-25/h4-6,8-13,16H,3,7,14-15,26H2,1-2H3. The quantitative estimate of drug-likeness (QED) is 0.523. The second-order valence-electron chi connectivity index (χ2n) is 8.13. The summed E-state index contributed by atoms with van der Waals surface area (Å²) in [4.78, 5) is 4.75. The summed E-state index contributed by atoms with van der Waals surface area (Å²) in [5.41, 5.74) is 15.0. The Bertz CT molecular complexity index is 1170. The van der Waals surface area contributed by atoms with Crippen LogP contribution in [0.15, 0.2) is 60.7 Å². The highest BCUT2D eigenvalue weighted by molar-refractivity contribution is 5.82. The van der Waals surface area contributed by atoms with E-state index >= 15 is 0 Å². The second kappa shape index (κ2) is 6.82. The number of nitrogens with two attached hydrogens (primary N) is 1. The summed E-state index contributed by atoms with van der Waals surface area (Å²) < 4.78 is 2.00. The Morgan fingerprint density at radius 3 is 2.34 bits per heavy atom. The van der Waals surface area contributed by atoms with E-state index in [1.807, 2.05) is 10.6 Å². The van der Waals surface area contributed by atoms with Crippen LogP contribution in [0.2, 0.25) is 0 Å². The van der Waals surface area contributed by atoms with Crippen molar-refractivity contribution in [2.75, 3.05) is 0 Å². The molecule has 0 spiro atoms. The maximum absolute atomic E-state index is 6.52. The Balaban J connectivity index is 1.70. The lowest BCUT2D eigenvalue weighted by molar-refractivity contribution is 0.253. The van der Waals surface area contributed by atoms with Crippen LogP contribution in [0.1, 0.15) is 43.1 Å². The van der Waals surface area contributed by atoms with Gasteiger partial charge < -0.3 is 5.73 Å². The molecule has 2 N–H and O–H groups in total. The molecule has 1 fully saturated rings. The number of nitrogens with zero attached hydrogens (tertiary/aromatic N) is 3. The third-order valence-electron chi connectivity index (χ3n) is 6.30. The first-order valence-corrected chi connectivity index (χ1v) is 10.4. The number of hydrogen-bond donors (Lipinski definition) is 1. The second-order valence-corrected chi connectivity index (χ2v) is 8.13. The zero-order chi connectivity index (χ0) is 20.0. The van der Waals surface area contributed by atoms with Gasteiger partial charge in [0.05, 0.1) is 17.1 Å². The zero-order valence-corrected chi connectivity index (χ0v) is 17.0. The van der Waals surface area contributed by atoms with Crippen molar-refractivity contribution in [2.24, 2.45) is 5.73 Å². The van der Waals surface area contributed by atoms with E-state index in [2.05, 4.69) is 68.4 Å². The van der Waals surface area contributed by atoms with Gasteiger partial charge in [0.1, 0.15) is 0 Å². The minimum absolute atomic E-state index is 0.144. The zero-order valence-electron chi connectivity index (χ0n) is 17.0. The van der Waals surface area contributed by atoms with Gasteiger partial charge in [0.2, 0.25) is 0 Å². The number of hydrogen-bond acceptors (Lipinski definition) is 3. The fourth-order valence-electron chi connectivity index (χ4n) is 4.39. The van der Waals surface area contributed by atoms with Crippen LogP contribution in [0.4, 0.5) is 0 Å². The Labute approximate surface area is 171 Å². The Hall–Kier alpha value is -2.98. The molecule has 0 unspecified atom stereocenters. The first-order chi connectivity index (χ1) is 14.1. The molecule has 0 aliphatic heterocycles. The minimum Gasteiger partial charge on any atom is -0.321 e. The Morgan fingerprint density at radius 2 is 1.72 bits per heavy atom. The van der Waals surface area contributed by atoms with Gasteiger partial charge in [-0.25, -0.2) is 9.50 Å². The highest BCUT2D eigenvalue weighted by Gasteiger charge is 2.34. The molecule has 2 aromatic carbocycles. The van der Waals surface area contributed by atoms with Crippen molar-refractivity contribution in [1.82, 2.24) is 14.6 Å². The highest BCUT2D eigenvalue weighted by atomic mass is 15.3. The number of imidazole rings is 1. The third-order valence-corrected chi connectivity index (χ3v) is 6.30. The molecule has 1 aliphatic carbocycles. The molecule has 4 heteroatoms. The monoisotopic (exact) mass is 382 g/mol. The lowest BCUT2D eigenvalue weighted by Crippen LogP contribution is -2.43. The summed E-state index contributed by atoms with van der Waals surface area (Å²) in [7, 11) is 0. The predicted molar refractivity (Wildman–Crippen MR) is 118 cm³/mol. The maximum Gasteiger partial charge on any atom is 0.154 e. The van der Waals surface area contributed by atoms with Gasteiger partial charge in [-0.2, -0.15) is 5.10 Å². The molecule has 0 atom stereocenters. The van der Waals surface area contributed by atoms with E-state index in [0.717, 1.165) is 58.7 Å². The van der Waals surface area contributed by atoms with E-state index in [4.69, 9.17) is 15.8 Å². The van der Waals surface area contributed by atoms with E-state index in [1.54, 1.807) is 0 Å². The van der Waals surface area contributed by atoms with Crippen LogP contribution in [0.3, 0.4) is 0 Å². The van der Waals surface area contributed by atoms with Crippen molar-refractivity contribution in [1.29, 1.82) is 0 Å². The number of rotatable bonds is 4. The van der Waals surface area contributed by atoms with Crippen molar-refractivity contribution in [2.45, 2.75) is 45.1 Å². The van der Waals surface area contributed by atoms with Crippen molar-refractivity contribution in [3.05, 3.63) is 77.6 Å². The van der Waals surface area contributed by atoms with Gasteiger partial charge in [0.15, 0.2) is 5.65 Å². The van der Waals surface area contributed by atoms with E-state index in [1.165, 1.54) is 12.0 Å². The van der Waals surface area contributed by atoms with E-state index in [0.29, 0.717) is 0 Å².